The quantitative estimate of drug-likeness (QED) is 0.380. The zero-order valence-electron chi connectivity index (χ0n) is 18.4. The fraction of sp³-hybridized carbons (Fsp3) is 0.364. The van der Waals surface area contributed by atoms with Crippen molar-refractivity contribution >= 4 is 27.6 Å². The second kappa shape index (κ2) is 8.88. The summed E-state index contributed by atoms with van der Waals surface area (Å²) in [7, 11) is -3.53. The van der Waals surface area contributed by atoms with E-state index in [4.69, 9.17) is 4.42 Å². The lowest BCUT2D eigenvalue weighted by molar-refractivity contribution is 0.346. The summed E-state index contributed by atoms with van der Waals surface area (Å²) in [5.74, 6) is 1.50. The Morgan fingerprint density at radius 1 is 1.06 bits per heavy atom. The van der Waals surface area contributed by atoms with Crippen LogP contribution in [0, 0.1) is 13.8 Å². The summed E-state index contributed by atoms with van der Waals surface area (Å²) >= 11 is 1.38. The molecule has 33 heavy (non-hydrogen) atoms. The van der Waals surface area contributed by atoms with Gasteiger partial charge in [-0.05, 0) is 51.0 Å². The first kappa shape index (κ1) is 22.1. The first-order valence-electron chi connectivity index (χ1n) is 10.8. The zero-order chi connectivity index (χ0) is 23.0. The fourth-order valence-corrected chi connectivity index (χ4v) is 6.16. The maximum absolute atomic E-state index is 13.0. The maximum atomic E-state index is 13.0. The average Bonchev–Trinajstić information content (AvgIpc) is 3.45. The summed E-state index contributed by atoms with van der Waals surface area (Å²) in [5.41, 5.74) is 3.43. The standard InChI is InChI=1S/C22H24N6O3S2/c1-15-11-16(2)28-13-18(24-21(28)23-15)14-32-22-26-25-20(31-22)17-7-6-8-19(12-17)33(29,30)27-9-4-3-5-10-27/h6-8,11-13H,3-5,9-10,14H2,1-2H3. The molecule has 1 aliphatic rings. The van der Waals surface area contributed by atoms with Crippen molar-refractivity contribution in [1.29, 1.82) is 0 Å². The topological polar surface area (TPSA) is 106 Å². The predicted molar refractivity (Wildman–Crippen MR) is 124 cm³/mol. The first-order valence-corrected chi connectivity index (χ1v) is 13.2. The molecule has 0 unspecified atom stereocenters. The third-order valence-electron chi connectivity index (χ3n) is 5.60. The second-order valence-electron chi connectivity index (χ2n) is 8.10. The van der Waals surface area contributed by atoms with E-state index >= 15 is 0 Å². The number of aromatic nitrogens is 5. The van der Waals surface area contributed by atoms with Crippen molar-refractivity contribution < 1.29 is 12.8 Å². The molecular weight excluding hydrogens is 460 g/mol. The Morgan fingerprint density at radius 2 is 1.88 bits per heavy atom. The van der Waals surface area contributed by atoms with Gasteiger partial charge in [0.1, 0.15) is 0 Å². The summed E-state index contributed by atoms with van der Waals surface area (Å²) in [4.78, 5) is 9.27. The van der Waals surface area contributed by atoms with E-state index in [0.717, 1.165) is 36.3 Å². The van der Waals surface area contributed by atoms with Gasteiger partial charge in [-0.2, -0.15) is 4.31 Å². The van der Waals surface area contributed by atoms with E-state index in [1.165, 1.54) is 11.8 Å². The molecule has 3 aromatic heterocycles. The Morgan fingerprint density at radius 3 is 2.70 bits per heavy atom. The van der Waals surface area contributed by atoms with Gasteiger partial charge in [-0.3, -0.25) is 4.40 Å². The van der Waals surface area contributed by atoms with Crippen molar-refractivity contribution in [1.82, 2.24) is 28.9 Å². The smallest absolute Gasteiger partial charge is 0.277 e. The Bertz CT molecular complexity index is 1410. The van der Waals surface area contributed by atoms with Gasteiger partial charge in [0.15, 0.2) is 0 Å². The third kappa shape index (κ3) is 4.53. The first-order chi connectivity index (χ1) is 15.9. The van der Waals surface area contributed by atoms with Crippen LogP contribution in [0.25, 0.3) is 17.2 Å². The summed E-state index contributed by atoms with van der Waals surface area (Å²) in [6.07, 6.45) is 4.81. The summed E-state index contributed by atoms with van der Waals surface area (Å²) < 4.78 is 35.3. The molecule has 1 aromatic carbocycles. The molecule has 0 saturated carbocycles. The lowest BCUT2D eigenvalue weighted by atomic mass is 10.2. The number of piperidine rings is 1. The van der Waals surface area contributed by atoms with Gasteiger partial charge in [-0.15, -0.1) is 10.2 Å². The Balaban J connectivity index is 1.32. The molecule has 0 radical (unpaired) electrons. The molecule has 172 valence electrons. The van der Waals surface area contributed by atoms with Crippen molar-refractivity contribution in [3.8, 4) is 11.5 Å². The van der Waals surface area contributed by atoms with E-state index < -0.39 is 10.0 Å². The Labute approximate surface area is 196 Å². The van der Waals surface area contributed by atoms with Crippen LogP contribution in [-0.4, -0.2) is 50.4 Å². The summed E-state index contributed by atoms with van der Waals surface area (Å²) in [6.45, 7) is 5.09. The Hall–Kier alpha value is -2.76. The number of sulfonamides is 1. The minimum Gasteiger partial charge on any atom is -0.411 e. The minimum absolute atomic E-state index is 0.247. The second-order valence-corrected chi connectivity index (χ2v) is 11.0. The van der Waals surface area contributed by atoms with Crippen molar-refractivity contribution in [2.24, 2.45) is 0 Å². The van der Waals surface area contributed by atoms with Crippen molar-refractivity contribution in [2.75, 3.05) is 13.1 Å². The number of hydrogen-bond donors (Lipinski definition) is 0. The van der Waals surface area contributed by atoms with E-state index in [-0.39, 0.29) is 10.8 Å². The van der Waals surface area contributed by atoms with E-state index in [9.17, 15) is 8.42 Å². The van der Waals surface area contributed by atoms with Gasteiger partial charge in [0.25, 0.3) is 5.22 Å². The lowest BCUT2D eigenvalue weighted by Gasteiger charge is -2.25. The number of fused-ring (bicyclic) bond motifs is 1. The molecule has 0 atom stereocenters. The number of hydrogen-bond acceptors (Lipinski definition) is 8. The summed E-state index contributed by atoms with van der Waals surface area (Å²) in [6, 6.07) is 8.70. The summed E-state index contributed by atoms with van der Waals surface area (Å²) in [5, 5.41) is 8.63. The van der Waals surface area contributed by atoms with E-state index in [1.807, 2.05) is 30.5 Å². The molecule has 0 amide bonds. The highest BCUT2D eigenvalue weighted by atomic mass is 32.2. The van der Waals surface area contributed by atoms with Crippen LogP contribution in [0.1, 0.15) is 36.3 Å². The molecule has 9 nitrogen and oxygen atoms in total. The van der Waals surface area contributed by atoms with Gasteiger partial charge < -0.3 is 4.42 Å². The zero-order valence-corrected chi connectivity index (χ0v) is 20.1. The molecule has 0 bridgehead atoms. The molecule has 0 aliphatic carbocycles. The van der Waals surface area contributed by atoms with Crippen LogP contribution in [0.4, 0.5) is 0 Å². The monoisotopic (exact) mass is 484 g/mol. The highest BCUT2D eigenvalue weighted by Gasteiger charge is 2.26. The molecular formula is C22H24N6O3S2. The molecule has 1 fully saturated rings. The van der Waals surface area contributed by atoms with Crippen molar-refractivity contribution in [2.45, 2.75) is 49.0 Å². The molecule has 0 spiro atoms. The van der Waals surface area contributed by atoms with E-state index in [2.05, 4.69) is 20.2 Å². The van der Waals surface area contributed by atoms with Gasteiger partial charge in [0, 0.05) is 42.0 Å². The third-order valence-corrected chi connectivity index (χ3v) is 8.34. The number of rotatable bonds is 6. The normalized spacial score (nSPS) is 15.3. The van der Waals surface area contributed by atoms with Crippen LogP contribution in [-0.2, 0) is 15.8 Å². The van der Waals surface area contributed by atoms with Gasteiger partial charge in [-0.1, -0.05) is 24.2 Å². The number of imidazole rings is 1. The van der Waals surface area contributed by atoms with Gasteiger partial charge in [0.05, 0.1) is 10.6 Å². The SMILES string of the molecule is Cc1cc(C)n2cc(CSc3nnc(-c4cccc(S(=O)(=O)N5CCCCC5)c4)o3)nc2n1. The van der Waals surface area contributed by atoms with E-state index in [0.29, 0.717) is 35.4 Å². The fourth-order valence-electron chi connectivity index (χ4n) is 3.95. The highest BCUT2D eigenvalue weighted by Crippen LogP contribution is 2.28. The highest BCUT2D eigenvalue weighted by molar-refractivity contribution is 7.98. The molecule has 1 saturated heterocycles. The van der Waals surface area contributed by atoms with Crippen LogP contribution in [0.2, 0.25) is 0 Å². The van der Waals surface area contributed by atoms with Crippen LogP contribution in [0.15, 0.2) is 51.1 Å². The molecule has 4 heterocycles. The van der Waals surface area contributed by atoms with Gasteiger partial charge in [-0.25, -0.2) is 18.4 Å². The number of thioether (sulfide) groups is 1. The molecule has 5 rings (SSSR count). The lowest BCUT2D eigenvalue weighted by Crippen LogP contribution is -2.35. The number of nitrogens with zero attached hydrogens (tertiary/aromatic N) is 6. The van der Waals surface area contributed by atoms with Crippen LogP contribution in [0.5, 0.6) is 0 Å². The van der Waals surface area contributed by atoms with Gasteiger partial charge >= 0.3 is 0 Å². The van der Waals surface area contributed by atoms with Crippen LogP contribution < -0.4 is 0 Å². The van der Waals surface area contributed by atoms with E-state index in [1.54, 1.807) is 28.6 Å². The average molecular weight is 485 g/mol. The number of aryl methyl sites for hydroxylation is 2. The van der Waals surface area contributed by atoms with Crippen LogP contribution >= 0.6 is 11.8 Å². The van der Waals surface area contributed by atoms with Gasteiger partial charge in [0.2, 0.25) is 21.7 Å². The van der Waals surface area contributed by atoms with Crippen LogP contribution in [0.3, 0.4) is 0 Å². The largest absolute Gasteiger partial charge is 0.411 e. The maximum Gasteiger partial charge on any atom is 0.277 e. The number of benzene rings is 1. The molecule has 1 aliphatic heterocycles. The van der Waals surface area contributed by atoms with Crippen molar-refractivity contribution in [3.63, 3.8) is 0 Å². The Kier molecular flexibility index (Phi) is 5.94. The minimum atomic E-state index is -3.53. The predicted octanol–water partition coefficient (Wildman–Crippen LogP) is 3.86. The van der Waals surface area contributed by atoms with Crippen molar-refractivity contribution in [3.05, 3.63) is 53.6 Å². The molecule has 0 N–H and O–H groups in total. The molecule has 4 aromatic rings. The molecule has 11 heteroatoms.